The monoisotopic (exact) mass is 255 g/mol. The lowest BCUT2D eigenvalue weighted by molar-refractivity contribution is -0.133. The summed E-state index contributed by atoms with van der Waals surface area (Å²) in [4.78, 5) is 22.3. The molecule has 1 aromatic carbocycles. The Balaban J connectivity index is 3.26. The number of ether oxygens (including phenoxy) is 1. The van der Waals surface area contributed by atoms with E-state index >= 15 is 0 Å². The van der Waals surface area contributed by atoms with Gasteiger partial charge in [0.2, 0.25) is 5.78 Å². The Hall–Kier alpha value is -1.55. The maximum Gasteiger partial charge on any atom is 0.291 e. The van der Waals surface area contributed by atoms with Gasteiger partial charge in [-0.25, -0.2) is 0 Å². The van der Waals surface area contributed by atoms with Crippen LogP contribution in [-0.4, -0.2) is 18.8 Å². The fraction of sp³-hybridized carbons (Fsp3) is 0.333. The molecule has 1 N–H and O–H groups in total. The molecular formula is C12H14ClNO3. The zero-order valence-electron chi connectivity index (χ0n) is 10.2. The fourth-order valence-corrected chi connectivity index (χ4v) is 1.59. The largest absolute Gasteiger partial charge is 0.495 e. The number of nitrogens with one attached hydrogen (secondary N) is 1. The zero-order chi connectivity index (χ0) is 13.2. The van der Waals surface area contributed by atoms with E-state index in [1.807, 2.05) is 6.92 Å². The van der Waals surface area contributed by atoms with E-state index in [0.717, 1.165) is 5.56 Å². The molecule has 92 valence electrons. The summed E-state index contributed by atoms with van der Waals surface area (Å²) in [5.74, 6) is -0.770. The molecule has 1 rings (SSSR count). The van der Waals surface area contributed by atoms with Gasteiger partial charge in [-0.05, 0) is 31.0 Å². The number of benzene rings is 1. The standard InChI is InChI=1S/C12H14ClNO3/c1-6-5-9(17-4)11(7(2)10(6)13)14-12(16)8(3)15/h5H,1-4H3,(H,14,16). The highest BCUT2D eigenvalue weighted by Crippen LogP contribution is 2.35. The van der Waals surface area contributed by atoms with E-state index < -0.39 is 11.7 Å². The minimum absolute atomic E-state index is 0.434. The molecule has 4 nitrogen and oxygen atoms in total. The van der Waals surface area contributed by atoms with Crippen molar-refractivity contribution < 1.29 is 14.3 Å². The van der Waals surface area contributed by atoms with E-state index in [2.05, 4.69) is 5.32 Å². The molecule has 5 heteroatoms. The third-order valence-electron chi connectivity index (χ3n) is 2.42. The minimum atomic E-state index is -0.689. The summed E-state index contributed by atoms with van der Waals surface area (Å²) < 4.78 is 5.16. The summed E-state index contributed by atoms with van der Waals surface area (Å²) in [6, 6.07) is 1.71. The van der Waals surface area contributed by atoms with Crippen LogP contribution < -0.4 is 10.1 Å². The van der Waals surface area contributed by atoms with Gasteiger partial charge in [0.15, 0.2) is 0 Å². The van der Waals surface area contributed by atoms with Crippen LogP contribution in [0.15, 0.2) is 6.07 Å². The lowest BCUT2D eigenvalue weighted by atomic mass is 10.1. The number of rotatable bonds is 3. The maximum atomic E-state index is 11.4. The smallest absolute Gasteiger partial charge is 0.291 e. The first kappa shape index (κ1) is 13.5. The SMILES string of the molecule is COc1cc(C)c(Cl)c(C)c1NC(=O)C(C)=O. The molecule has 0 spiro atoms. The number of halogens is 1. The molecule has 0 saturated heterocycles. The molecule has 0 heterocycles. The number of anilines is 1. The molecule has 0 aromatic heterocycles. The number of carbonyl (C=O) groups is 2. The number of Topliss-reactive ketones (excluding diaryl/α,β-unsaturated/α-hetero) is 1. The van der Waals surface area contributed by atoms with Crippen molar-refractivity contribution in [3.05, 3.63) is 22.2 Å². The summed E-state index contributed by atoms with van der Waals surface area (Å²) in [5, 5.41) is 3.05. The molecule has 0 saturated carbocycles. The van der Waals surface area contributed by atoms with E-state index in [1.54, 1.807) is 13.0 Å². The normalized spacial score (nSPS) is 9.94. The second-order valence-electron chi connectivity index (χ2n) is 3.72. The zero-order valence-corrected chi connectivity index (χ0v) is 10.9. The van der Waals surface area contributed by atoms with Gasteiger partial charge in [-0.2, -0.15) is 0 Å². The van der Waals surface area contributed by atoms with Crippen molar-refractivity contribution in [2.45, 2.75) is 20.8 Å². The average molecular weight is 256 g/mol. The Morgan fingerprint density at radius 2 is 1.94 bits per heavy atom. The van der Waals surface area contributed by atoms with Gasteiger partial charge in [-0.1, -0.05) is 11.6 Å². The van der Waals surface area contributed by atoms with Crippen LogP contribution in [0.2, 0.25) is 5.02 Å². The summed E-state index contributed by atoms with van der Waals surface area (Å²) in [6.07, 6.45) is 0. The second-order valence-corrected chi connectivity index (χ2v) is 4.10. The van der Waals surface area contributed by atoms with Gasteiger partial charge in [0, 0.05) is 11.9 Å². The molecule has 0 fully saturated rings. The van der Waals surface area contributed by atoms with Crippen molar-refractivity contribution in [1.82, 2.24) is 0 Å². The Morgan fingerprint density at radius 3 is 2.41 bits per heavy atom. The highest BCUT2D eigenvalue weighted by molar-refractivity contribution is 6.40. The third kappa shape index (κ3) is 2.77. The quantitative estimate of drug-likeness (QED) is 0.845. The summed E-state index contributed by atoms with van der Waals surface area (Å²) in [5.41, 5.74) is 1.96. The number of hydrogen-bond acceptors (Lipinski definition) is 3. The lowest BCUT2D eigenvalue weighted by Crippen LogP contribution is -2.20. The molecule has 0 unspecified atom stereocenters. The van der Waals surface area contributed by atoms with Crippen LogP contribution in [0.4, 0.5) is 5.69 Å². The number of methoxy groups -OCH3 is 1. The van der Waals surface area contributed by atoms with Gasteiger partial charge in [0.05, 0.1) is 12.8 Å². The van der Waals surface area contributed by atoms with Gasteiger partial charge < -0.3 is 10.1 Å². The van der Waals surface area contributed by atoms with Crippen molar-refractivity contribution >= 4 is 29.0 Å². The first-order valence-corrected chi connectivity index (χ1v) is 5.41. The van der Waals surface area contributed by atoms with E-state index in [-0.39, 0.29) is 0 Å². The number of aryl methyl sites for hydroxylation is 1. The van der Waals surface area contributed by atoms with Crippen molar-refractivity contribution in [1.29, 1.82) is 0 Å². The molecule has 0 aliphatic heterocycles. The molecule has 1 aromatic rings. The van der Waals surface area contributed by atoms with Crippen LogP contribution in [0.25, 0.3) is 0 Å². The predicted molar refractivity (Wildman–Crippen MR) is 66.8 cm³/mol. The lowest BCUT2D eigenvalue weighted by Gasteiger charge is -2.15. The van der Waals surface area contributed by atoms with Crippen molar-refractivity contribution in [3.8, 4) is 5.75 Å². The topological polar surface area (TPSA) is 55.4 Å². The number of ketones is 1. The van der Waals surface area contributed by atoms with Gasteiger partial charge in [-0.3, -0.25) is 9.59 Å². The molecule has 0 radical (unpaired) electrons. The Bertz CT molecular complexity index is 483. The van der Waals surface area contributed by atoms with Crippen molar-refractivity contribution in [2.75, 3.05) is 12.4 Å². The Kier molecular flexibility index (Phi) is 4.12. The van der Waals surface area contributed by atoms with Gasteiger partial charge in [0.1, 0.15) is 5.75 Å². The van der Waals surface area contributed by atoms with Crippen LogP contribution >= 0.6 is 11.6 Å². The van der Waals surface area contributed by atoms with E-state index in [4.69, 9.17) is 16.3 Å². The fourth-order valence-electron chi connectivity index (χ4n) is 1.44. The average Bonchev–Trinajstić information content (AvgIpc) is 2.29. The highest BCUT2D eigenvalue weighted by Gasteiger charge is 2.16. The van der Waals surface area contributed by atoms with Gasteiger partial charge >= 0.3 is 0 Å². The number of hydrogen-bond donors (Lipinski definition) is 1. The predicted octanol–water partition coefficient (Wildman–Crippen LogP) is 2.49. The Labute approximate surface area is 105 Å². The third-order valence-corrected chi connectivity index (χ3v) is 3.00. The molecule has 0 bridgehead atoms. The van der Waals surface area contributed by atoms with E-state index in [0.29, 0.717) is 22.0 Å². The highest BCUT2D eigenvalue weighted by atomic mass is 35.5. The van der Waals surface area contributed by atoms with Crippen LogP contribution in [0.3, 0.4) is 0 Å². The van der Waals surface area contributed by atoms with E-state index in [9.17, 15) is 9.59 Å². The van der Waals surface area contributed by atoms with Crippen molar-refractivity contribution in [2.24, 2.45) is 0 Å². The minimum Gasteiger partial charge on any atom is -0.495 e. The molecule has 17 heavy (non-hydrogen) atoms. The van der Waals surface area contributed by atoms with Gasteiger partial charge in [0.25, 0.3) is 5.91 Å². The summed E-state index contributed by atoms with van der Waals surface area (Å²) >= 11 is 6.08. The second kappa shape index (κ2) is 5.19. The Morgan fingerprint density at radius 1 is 1.35 bits per heavy atom. The molecule has 1 amide bonds. The summed E-state index contributed by atoms with van der Waals surface area (Å²) in [6.45, 7) is 4.80. The number of carbonyl (C=O) groups excluding carboxylic acids is 2. The molecule has 0 aliphatic carbocycles. The van der Waals surface area contributed by atoms with E-state index in [1.165, 1.54) is 14.0 Å². The molecule has 0 aliphatic rings. The molecular weight excluding hydrogens is 242 g/mol. The first-order chi connectivity index (χ1) is 7.88. The van der Waals surface area contributed by atoms with Crippen LogP contribution in [0.5, 0.6) is 5.75 Å². The van der Waals surface area contributed by atoms with Crippen LogP contribution in [0, 0.1) is 13.8 Å². The van der Waals surface area contributed by atoms with Crippen molar-refractivity contribution in [3.63, 3.8) is 0 Å². The van der Waals surface area contributed by atoms with Crippen LogP contribution in [0.1, 0.15) is 18.1 Å². The first-order valence-electron chi connectivity index (χ1n) is 5.04. The maximum absolute atomic E-state index is 11.4. The molecule has 0 atom stereocenters. The van der Waals surface area contributed by atoms with Crippen LogP contribution in [-0.2, 0) is 9.59 Å². The summed E-state index contributed by atoms with van der Waals surface area (Å²) in [7, 11) is 1.49. The number of amides is 1. The van der Waals surface area contributed by atoms with Gasteiger partial charge in [-0.15, -0.1) is 0 Å².